The lowest BCUT2D eigenvalue weighted by atomic mass is 10.1. The fourth-order valence-electron chi connectivity index (χ4n) is 3.71. The molecule has 2 aromatic carbocycles. The van der Waals surface area contributed by atoms with Gasteiger partial charge in [-0.1, -0.05) is 17.8 Å². The number of hydrogen-bond acceptors (Lipinski definition) is 9. The monoisotopic (exact) mass is 599 g/mol. The van der Waals surface area contributed by atoms with Crippen molar-refractivity contribution in [2.75, 3.05) is 56.6 Å². The standard InChI is InChI=1S/C24H27ClFN5O6S2/c1-27-18-12-19-15(11-16(18)26)23(32)31(13-37-19)14-4-5-17(20(10-14)36-9-8-30(2)3)28-24(33)29-39(34,35)22-7-6-21(25)38-22/h4-5,7,10-12,21,27H,6,8-9,13H2,1-3H3,(H2,28,29,33). The number of halogens is 2. The number of anilines is 3. The first-order valence-corrected chi connectivity index (χ1v) is 14.5. The molecule has 2 heterocycles. The van der Waals surface area contributed by atoms with E-state index in [2.05, 4.69) is 10.6 Å². The molecule has 0 aromatic heterocycles. The second-order valence-electron chi connectivity index (χ2n) is 8.76. The molecule has 0 aliphatic carbocycles. The Hall–Kier alpha value is -3.20. The van der Waals surface area contributed by atoms with Gasteiger partial charge in [0, 0.05) is 25.7 Å². The fourth-order valence-corrected chi connectivity index (χ4v) is 6.57. The van der Waals surface area contributed by atoms with Crippen molar-refractivity contribution in [2.24, 2.45) is 0 Å². The Bertz CT molecular complexity index is 1420. The van der Waals surface area contributed by atoms with Crippen LogP contribution in [0, 0.1) is 5.82 Å². The van der Waals surface area contributed by atoms with Gasteiger partial charge in [0.1, 0.15) is 28.2 Å². The van der Waals surface area contributed by atoms with Gasteiger partial charge in [0.05, 0.1) is 27.3 Å². The third-order valence-electron chi connectivity index (χ3n) is 5.69. The molecule has 0 radical (unpaired) electrons. The maximum atomic E-state index is 14.3. The molecule has 11 nitrogen and oxygen atoms in total. The molecule has 210 valence electrons. The molecule has 0 saturated carbocycles. The van der Waals surface area contributed by atoms with Crippen LogP contribution in [0.4, 0.5) is 26.2 Å². The molecule has 3 amide bonds. The zero-order chi connectivity index (χ0) is 28.3. The van der Waals surface area contributed by atoms with Gasteiger partial charge in [-0.3, -0.25) is 9.69 Å². The van der Waals surface area contributed by atoms with Crippen LogP contribution in [-0.4, -0.2) is 71.0 Å². The predicted molar refractivity (Wildman–Crippen MR) is 150 cm³/mol. The molecule has 2 aliphatic rings. The lowest BCUT2D eigenvalue weighted by Crippen LogP contribution is -2.39. The quantitative estimate of drug-likeness (QED) is 0.369. The number of sulfonamides is 1. The Morgan fingerprint density at radius 3 is 2.72 bits per heavy atom. The van der Waals surface area contributed by atoms with Gasteiger partial charge < -0.3 is 25.0 Å². The Morgan fingerprint density at radius 2 is 2.05 bits per heavy atom. The van der Waals surface area contributed by atoms with Gasteiger partial charge in [-0.05, 0) is 38.7 Å². The Labute approximate surface area is 234 Å². The van der Waals surface area contributed by atoms with E-state index in [1.165, 1.54) is 35.2 Å². The van der Waals surface area contributed by atoms with Crippen LogP contribution in [0.3, 0.4) is 0 Å². The summed E-state index contributed by atoms with van der Waals surface area (Å²) in [5.74, 6) is -0.651. The largest absolute Gasteiger partial charge is 0.490 e. The molecule has 39 heavy (non-hydrogen) atoms. The number of fused-ring (bicyclic) bond motifs is 1. The molecule has 0 fully saturated rings. The smallest absolute Gasteiger partial charge is 0.333 e. The van der Waals surface area contributed by atoms with Crippen molar-refractivity contribution in [3.05, 3.63) is 52.0 Å². The number of nitrogens with zero attached hydrogens (tertiary/aromatic N) is 2. The number of carbonyl (C=O) groups is 2. The van der Waals surface area contributed by atoms with Gasteiger partial charge in [0.25, 0.3) is 15.9 Å². The van der Waals surface area contributed by atoms with Crippen LogP contribution < -0.4 is 29.7 Å². The van der Waals surface area contributed by atoms with Crippen molar-refractivity contribution in [2.45, 2.75) is 11.1 Å². The minimum absolute atomic E-state index is 0.0300. The first-order chi connectivity index (χ1) is 18.5. The highest BCUT2D eigenvalue weighted by Crippen LogP contribution is 2.38. The van der Waals surface area contributed by atoms with Gasteiger partial charge >= 0.3 is 6.03 Å². The van der Waals surface area contributed by atoms with E-state index in [-0.39, 0.29) is 46.0 Å². The summed E-state index contributed by atoms with van der Waals surface area (Å²) in [4.78, 5) is 29.0. The maximum absolute atomic E-state index is 14.3. The molecule has 0 bridgehead atoms. The van der Waals surface area contributed by atoms with Crippen LogP contribution in [0.15, 0.2) is 40.6 Å². The lowest BCUT2D eigenvalue weighted by molar-refractivity contribution is 0.0936. The number of rotatable bonds is 9. The molecule has 1 unspecified atom stereocenters. The van der Waals surface area contributed by atoms with Gasteiger partial charge in [-0.25, -0.2) is 22.3 Å². The summed E-state index contributed by atoms with van der Waals surface area (Å²) in [6, 6.07) is 6.04. The minimum atomic E-state index is -4.10. The van der Waals surface area contributed by atoms with Crippen molar-refractivity contribution in [1.82, 2.24) is 9.62 Å². The molecule has 1 atom stereocenters. The van der Waals surface area contributed by atoms with Crippen LogP contribution in [0.5, 0.6) is 11.5 Å². The number of allylic oxidation sites excluding steroid dienone is 1. The molecular weight excluding hydrogens is 573 g/mol. The van der Waals surface area contributed by atoms with E-state index in [1.54, 1.807) is 7.05 Å². The highest BCUT2D eigenvalue weighted by Gasteiger charge is 2.30. The fraction of sp³-hybridized carbons (Fsp3) is 0.333. The zero-order valence-electron chi connectivity index (χ0n) is 21.3. The number of hydrogen-bond donors (Lipinski definition) is 3. The molecule has 3 N–H and O–H groups in total. The Balaban J connectivity index is 1.56. The van der Waals surface area contributed by atoms with Crippen molar-refractivity contribution >= 4 is 62.4 Å². The second kappa shape index (κ2) is 11.9. The number of ether oxygens (including phenoxy) is 2. The number of nitrogens with one attached hydrogen (secondary N) is 3. The van der Waals surface area contributed by atoms with Crippen molar-refractivity contribution in [1.29, 1.82) is 0 Å². The van der Waals surface area contributed by atoms with Crippen LogP contribution >= 0.6 is 23.4 Å². The van der Waals surface area contributed by atoms with Gasteiger partial charge in [-0.15, -0.1) is 11.6 Å². The van der Waals surface area contributed by atoms with Crippen LogP contribution in [-0.2, 0) is 10.0 Å². The summed E-state index contributed by atoms with van der Waals surface area (Å²) in [6.45, 7) is 0.635. The van der Waals surface area contributed by atoms with Crippen molar-refractivity contribution in [3.8, 4) is 11.5 Å². The van der Waals surface area contributed by atoms with E-state index < -0.39 is 32.5 Å². The number of benzene rings is 2. The van der Waals surface area contributed by atoms with Crippen molar-refractivity contribution < 1.29 is 31.9 Å². The van der Waals surface area contributed by atoms with Crippen LogP contribution in [0.25, 0.3) is 0 Å². The van der Waals surface area contributed by atoms with E-state index in [0.29, 0.717) is 18.7 Å². The first kappa shape index (κ1) is 28.8. The number of thioether (sulfide) groups is 1. The number of amides is 3. The number of carbonyl (C=O) groups excluding carboxylic acids is 2. The first-order valence-electron chi connectivity index (χ1n) is 11.7. The SMILES string of the molecule is CNc1cc2c(cc1F)C(=O)N(c1ccc(NC(=O)NS(=O)(=O)C3=CCC(Cl)S3)c(OCCN(C)C)c1)CO2. The lowest BCUT2D eigenvalue weighted by Gasteiger charge is -2.29. The third kappa shape index (κ3) is 6.69. The summed E-state index contributed by atoms with van der Waals surface area (Å²) in [5.41, 5.74) is 0.789. The van der Waals surface area contributed by atoms with E-state index in [1.807, 2.05) is 23.7 Å². The summed E-state index contributed by atoms with van der Waals surface area (Å²) < 4.78 is 52.5. The highest BCUT2D eigenvalue weighted by atomic mass is 35.5. The van der Waals surface area contributed by atoms with Gasteiger partial charge in [0.2, 0.25) is 0 Å². The number of urea groups is 1. The van der Waals surface area contributed by atoms with Gasteiger partial charge in [-0.2, -0.15) is 0 Å². The molecular formula is C24H27ClFN5O6S2. The summed E-state index contributed by atoms with van der Waals surface area (Å²) >= 11 is 6.89. The molecule has 4 rings (SSSR count). The maximum Gasteiger partial charge on any atom is 0.333 e. The normalized spacial score (nSPS) is 16.9. The van der Waals surface area contributed by atoms with E-state index >= 15 is 0 Å². The topological polar surface area (TPSA) is 129 Å². The Kier molecular flexibility index (Phi) is 8.79. The van der Waals surface area contributed by atoms with Crippen molar-refractivity contribution in [3.63, 3.8) is 0 Å². The predicted octanol–water partition coefficient (Wildman–Crippen LogP) is 3.80. The second-order valence-corrected chi connectivity index (χ2v) is 12.7. The number of likely N-dealkylation sites (N-methyl/N-ethyl adjacent to an activating group) is 1. The molecule has 0 spiro atoms. The van der Waals surface area contributed by atoms with E-state index in [9.17, 15) is 22.4 Å². The zero-order valence-corrected chi connectivity index (χ0v) is 23.7. The van der Waals surface area contributed by atoms with E-state index in [4.69, 9.17) is 21.1 Å². The average molecular weight is 600 g/mol. The van der Waals surface area contributed by atoms with Crippen LogP contribution in [0.2, 0.25) is 0 Å². The molecule has 15 heteroatoms. The minimum Gasteiger partial charge on any atom is -0.490 e. The average Bonchev–Trinajstić information content (AvgIpc) is 3.32. The summed E-state index contributed by atoms with van der Waals surface area (Å²) in [5, 5.41) is 5.19. The van der Waals surface area contributed by atoms with Gasteiger partial charge in [0.15, 0.2) is 6.73 Å². The highest BCUT2D eigenvalue weighted by molar-refractivity contribution is 8.19. The molecule has 2 aromatic rings. The molecule has 2 aliphatic heterocycles. The summed E-state index contributed by atoms with van der Waals surface area (Å²) in [7, 11) is 1.18. The number of alkyl halides is 1. The van der Waals surface area contributed by atoms with Crippen LogP contribution in [0.1, 0.15) is 16.8 Å². The Morgan fingerprint density at radius 1 is 1.28 bits per heavy atom. The third-order valence-corrected chi connectivity index (χ3v) is 9.08. The summed E-state index contributed by atoms with van der Waals surface area (Å²) in [6.07, 6.45) is 1.81. The molecule has 0 saturated heterocycles. The van der Waals surface area contributed by atoms with E-state index in [0.717, 1.165) is 17.8 Å².